The molecular weight excluding hydrogens is 248 g/mol. The van der Waals surface area contributed by atoms with Crippen LogP contribution in [0.2, 0.25) is 18.6 Å². The van der Waals surface area contributed by atoms with Gasteiger partial charge in [0.1, 0.15) is 0 Å². The first-order valence-electron chi connectivity index (χ1n) is 7.86. The molecule has 1 aromatic rings. The van der Waals surface area contributed by atoms with Crippen molar-refractivity contribution >= 4 is 8.32 Å². The average molecular weight is 276 g/mol. The second-order valence-corrected chi connectivity index (χ2v) is 10.7. The normalized spacial score (nSPS) is 17.6. The molecule has 0 atom stereocenters. The minimum atomic E-state index is -1.44. The van der Waals surface area contributed by atoms with Gasteiger partial charge in [0.2, 0.25) is 0 Å². The molecule has 2 heteroatoms. The zero-order valence-electron chi connectivity index (χ0n) is 12.5. The Hall–Kier alpha value is -0.603. The number of benzene rings is 1. The maximum Gasteiger partial charge on any atom is 0.189 e. The highest BCUT2D eigenvalue weighted by Crippen LogP contribution is 2.37. The van der Waals surface area contributed by atoms with Crippen LogP contribution in [0.15, 0.2) is 30.3 Å². The van der Waals surface area contributed by atoms with Gasteiger partial charge in [-0.2, -0.15) is 0 Å². The standard InChI is InChI=1S/C17H28OSi/c1-19(2,17-13-7-4-8-14-17)18-15-9-12-16-10-5-3-6-11-16/h3,5-6,10-11,17H,4,7-9,12-15H2,1-2H3. The van der Waals surface area contributed by atoms with E-state index in [1.54, 1.807) is 0 Å². The largest absolute Gasteiger partial charge is 0.417 e. The van der Waals surface area contributed by atoms with Crippen molar-refractivity contribution in [3.8, 4) is 0 Å². The highest BCUT2D eigenvalue weighted by Gasteiger charge is 2.34. The highest BCUT2D eigenvalue weighted by molar-refractivity contribution is 6.72. The van der Waals surface area contributed by atoms with E-state index in [1.165, 1.54) is 37.7 Å². The SMILES string of the molecule is C[Si](C)(OCCCc1ccccc1)C1CCCCC1. The predicted molar refractivity (Wildman–Crippen MR) is 85.0 cm³/mol. The summed E-state index contributed by atoms with van der Waals surface area (Å²) in [5.74, 6) is 0. The lowest BCUT2D eigenvalue weighted by molar-refractivity contribution is 0.282. The quantitative estimate of drug-likeness (QED) is 0.514. The molecule has 1 aliphatic rings. The van der Waals surface area contributed by atoms with Crippen LogP contribution in [-0.2, 0) is 10.8 Å². The van der Waals surface area contributed by atoms with Gasteiger partial charge in [-0.25, -0.2) is 0 Å². The highest BCUT2D eigenvalue weighted by atomic mass is 28.4. The lowest BCUT2D eigenvalue weighted by Crippen LogP contribution is -2.38. The summed E-state index contributed by atoms with van der Waals surface area (Å²) in [5.41, 5.74) is 2.33. The zero-order valence-corrected chi connectivity index (χ0v) is 13.5. The van der Waals surface area contributed by atoms with Crippen LogP contribution >= 0.6 is 0 Å². The smallest absolute Gasteiger partial charge is 0.189 e. The lowest BCUT2D eigenvalue weighted by atomic mass is 10.0. The van der Waals surface area contributed by atoms with Gasteiger partial charge in [0.05, 0.1) is 0 Å². The van der Waals surface area contributed by atoms with Crippen molar-refractivity contribution in [2.24, 2.45) is 0 Å². The molecule has 0 N–H and O–H groups in total. The van der Waals surface area contributed by atoms with Gasteiger partial charge in [0.25, 0.3) is 0 Å². The zero-order chi connectivity index (χ0) is 13.6. The lowest BCUT2D eigenvalue weighted by Gasteiger charge is -2.34. The molecular formula is C17H28OSi. The first-order chi connectivity index (χ1) is 9.18. The average Bonchev–Trinajstić information content (AvgIpc) is 2.46. The minimum absolute atomic E-state index is 0.901. The molecule has 2 rings (SSSR count). The van der Waals surface area contributed by atoms with Gasteiger partial charge in [-0.1, -0.05) is 62.4 Å². The topological polar surface area (TPSA) is 9.23 Å². The van der Waals surface area contributed by atoms with Crippen molar-refractivity contribution in [3.05, 3.63) is 35.9 Å². The summed E-state index contributed by atoms with van der Waals surface area (Å²) in [7, 11) is -1.44. The summed E-state index contributed by atoms with van der Waals surface area (Å²) in [5, 5.41) is 0. The van der Waals surface area contributed by atoms with Crippen molar-refractivity contribution in [3.63, 3.8) is 0 Å². The molecule has 1 aromatic carbocycles. The van der Waals surface area contributed by atoms with Gasteiger partial charge in [0, 0.05) is 6.61 Å². The second-order valence-electron chi connectivity index (χ2n) is 6.38. The number of aryl methyl sites for hydroxylation is 1. The van der Waals surface area contributed by atoms with E-state index in [0.717, 1.165) is 25.0 Å². The fourth-order valence-corrected chi connectivity index (χ4v) is 5.88. The molecule has 1 aliphatic carbocycles. The van der Waals surface area contributed by atoms with Gasteiger partial charge >= 0.3 is 0 Å². The molecule has 0 aliphatic heterocycles. The van der Waals surface area contributed by atoms with Crippen LogP contribution in [0.5, 0.6) is 0 Å². The van der Waals surface area contributed by atoms with E-state index in [1.807, 2.05) is 0 Å². The Balaban J connectivity index is 1.69. The van der Waals surface area contributed by atoms with Crippen molar-refractivity contribution in [2.75, 3.05) is 6.61 Å². The van der Waals surface area contributed by atoms with Gasteiger partial charge in [-0.3, -0.25) is 0 Å². The fourth-order valence-electron chi connectivity index (χ4n) is 3.17. The van der Waals surface area contributed by atoms with Crippen molar-refractivity contribution in [1.29, 1.82) is 0 Å². The summed E-state index contributed by atoms with van der Waals surface area (Å²) in [6, 6.07) is 10.8. The van der Waals surface area contributed by atoms with E-state index in [4.69, 9.17) is 4.43 Å². The molecule has 0 spiro atoms. The summed E-state index contributed by atoms with van der Waals surface area (Å²) in [4.78, 5) is 0. The Kier molecular flexibility index (Phi) is 5.65. The van der Waals surface area contributed by atoms with Gasteiger partial charge < -0.3 is 4.43 Å². The van der Waals surface area contributed by atoms with E-state index < -0.39 is 8.32 Å². The maximum absolute atomic E-state index is 6.33. The van der Waals surface area contributed by atoms with Gasteiger partial charge in [-0.05, 0) is 37.0 Å². The van der Waals surface area contributed by atoms with Crippen LogP contribution in [0.3, 0.4) is 0 Å². The molecule has 0 saturated heterocycles. The van der Waals surface area contributed by atoms with Crippen molar-refractivity contribution in [2.45, 2.75) is 63.6 Å². The van der Waals surface area contributed by atoms with E-state index >= 15 is 0 Å². The molecule has 0 unspecified atom stereocenters. The molecule has 1 nitrogen and oxygen atoms in total. The summed E-state index contributed by atoms with van der Waals surface area (Å²) >= 11 is 0. The first kappa shape index (κ1) is 14.8. The van der Waals surface area contributed by atoms with Crippen molar-refractivity contribution in [1.82, 2.24) is 0 Å². The molecule has 1 fully saturated rings. The summed E-state index contributed by atoms with van der Waals surface area (Å²) in [6.45, 7) is 5.79. The predicted octanol–water partition coefficient (Wildman–Crippen LogP) is 5.18. The minimum Gasteiger partial charge on any atom is -0.417 e. The second kappa shape index (κ2) is 7.25. The van der Waals surface area contributed by atoms with Crippen LogP contribution in [0.25, 0.3) is 0 Å². The summed E-state index contributed by atoms with van der Waals surface area (Å²) in [6.07, 6.45) is 9.43. The third-order valence-corrected chi connectivity index (χ3v) is 8.01. The van der Waals surface area contributed by atoms with Crippen LogP contribution in [0, 0.1) is 0 Å². The molecule has 0 bridgehead atoms. The molecule has 1 saturated carbocycles. The van der Waals surface area contributed by atoms with Crippen LogP contribution in [0.4, 0.5) is 0 Å². The molecule has 0 aromatic heterocycles. The van der Waals surface area contributed by atoms with E-state index in [0.29, 0.717) is 0 Å². The Morgan fingerprint density at radius 2 is 1.74 bits per heavy atom. The van der Waals surface area contributed by atoms with E-state index in [-0.39, 0.29) is 0 Å². The van der Waals surface area contributed by atoms with Gasteiger partial charge in [-0.15, -0.1) is 0 Å². The Morgan fingerprint density at radius 3 is 2.42 bits per heavy atom. The maximum atomic E-state index is 6.33. The van der Waals surface area contributed by atoms with E-state index in [2.05, 4.69) is 43.4 Å². The van der Waals surface area contributed by atoms with Crippen molar-refractivity contribution < 1.29 is 4.43 Å². The van der Waals surface area contributed by atoms with Crippen LogP contribution in [-0.4, -0.2) is 14.9 Å². The first-order valence-corrected chi connectivity index (χ1v) is 10.8. The van der Waals surface area contributed by atoms with E-state index in [9.17, 15) is 0 Å². The Morgan fingerprint density at radius 1 is 1.05 bits per heavy atom. The third-order valence-electron chi connectivity index (χ3n) is 4.52. The summed E-state index contributed by atoms with van der Waals surface area (Å²) < 4.78 is 6.33. The molecule has 106 valence electrons. The third kappa shape index (κ3) is 4.77. The number of hydrogen-bond donors (Lipinski definition) is 0. The molecule has 0 heterocycles. The molecule has 0 radical (unpaired) electrons. The molecule has 19 heavy (non-hydrogen) atoms. The Bertz CT molecular complexity index is 355. The number of rotatable bonds is 6. The monoisotopic (exact) mass is 276 g/mol. The van der Waals surface area contributed by atoms with Crippen LogP contribution in [0.1, 0.15) is 44.1 Å². The molecule has 0 amide bonds. The van der Waals surface area contributed by atoms with Crippen LogP contribution < -0.4 is 0 Å². The fraction of sp³-hybridized carbons (Fsp3) is 0.647. The Labute approximate surface area is 119 Å². The van der Waals surface area contributed by atoms with Gasteiger partial charge in [0.15, 0.2) is 8.32 Å². The number of hydrogen-bond acceptors (Lipinski definition) is 1.